The van der Waals surface area contributed by atoms with Gasteiger partial charge in [0.1, 0.15) is 0 Å². The van der Waals surface area contributed by atoms with Crippen molar-refractivity contribution in [2.75, 3.05) is 5.73 Å². The Kier molecular flexibility index (Phi) is 2.42. The Morgan fingerprint density at radius 2 is 1.69 bits per heavy atom. The van der Waals surface area contributed by atoms with Gasteiger partial charge in [0, 0.05) is 5.69 Å². The van der Waals surface area contributed by atoms with E-state index in [1.807, 2.05) is 12.1 Å². The van der Waals surface area contributed by atoms with Gasteiger partial charge in [-0.3, -0.25) is 0 Å². The molecule has 84 valence electrons. The number of aryl methyl sites for hydroxylation is 1. The summed E-state index contributed by atoms with van der Waals surface area (Å²) in [6.45, 7) is 8.94. The number of anilines is 1. The fraction of sp³-hybridized carbons (Fsp3) is 0.333. The maximum absolute atomic E-state index is 5.82. The Morgan fingerprint density at radius 1 is 1.00 bits per heavy atom. The summed E-state index contributed by atoms with van der Waals surface area (Å²) in [7, 11) is 0. The molecule has 0 aliphatic carbocycles. The van der Waals surface area contributed by atoms with Crippen molar-refractivity contribution >= 4 is 16.5 Å². The lowest BCUT2D eigenvalue weighted by molar-refractivity contribution is 0.592. The Bertz CT molecular complexity index is 533. The summed E-state index contributed by atoms with van der Waals surface area (Å²) in [5.41, 5.74) is 9.59. The fourth-order valence-corrected chi connectivity index (χ4v) is 2.45. The van der Waals surface area contributed by atoms with Gasteiger partial charge in [-0.05, 0) is 46.4 Å². The molecular formula is C15H19N. The third-order valence-electron chi connectivity index (χ3n) is 3.00. The summed E-state index contributed by atoms with van der Waals surface area (Å²) in [5.74, 6) is 0. The Morgan fingerprint density at radius 3 is 2.31 bits per heavy atom. The highest BCUT2D eigenvalue weighted by atomic mass is 14.5. The van der Waals surface area contributed by atoms with Gasteiger partial charge in [0.25, 0.3) is 0 Å². The number of nitrogen functional groups attached to an aromatic ring is 1. The van der Waals surface area contributed by atoms with E-state index < -0.39 is 0 Å². The molecule has 0 aromatic heterocycles. The number of rotatable bonds is 0. The molecule has 16 heavy (non-hydrogen) atoms. The molecule has 1 heteroatoms. The monoisotopic (exact) mass is 213 g/mol. The molecule has 1 nitrogen and oxygen atoms in total. The van der Waals surface area contributed by atoms with E-state index in [9.17, 15) is 0 Å². The lowest BCUT2D eigenvalue weighted by atomic mass is 9.81. The van der Waals surface area contributed by atoms with E-state index in [1.165, 1.54) is 21.9 Å². The van der Waals surface area contributed by atoms with Gasteiger partial charge in [0.2, 0.25) is 0 Å². The van der Waals surface area contributed by atoms with Gasteiger partial charge in [-0.1, -0.05) is 39.0 Å². The van der Waals surface area contributed by atoms with Crippen LogP contribution in [0.5, 0.6) is 0 Å². The van der Waals surface area contributed by atoms with Crippen LogP contribution >= 0.6 is 0 Å². The SMILES string of the molecule is Cc1ccc2cc(N)ccc2c1C(C)(C)C. The van der Waals surface area contributed by atoms with Gasteiger partial charge in [-0.25, -0.2) is 0 Å². The van der Waals surface area contributed by atoms with Gasteiger partial charge in [-0.15, -0.1) is 0 Å². The van der Waals surface area contributed by atoms with E-state index in [-0.39, 0.29) is 5.41 Å². The number of hydrogen-bond acceptors (Lipinski definition) is 1. The number of benzene rings is 2. The quantitative estimate of drug-likeness (QED) is 0.657. The molecule has 0 fully saturated rings. The van der Waals surface area contributed by atoms with E-state index >= 15 is 0 Å². The summed E-state index contributed by atoms with van der Waals surface area (Å²) in [4.78, 5) is 0. The molecule has 2 rings (SSSR count). The van der Waals surface area contributed by atoms with Crippen LogP contribution in [-0.4, -0.2) is 0 Å². The Hall–Kier alpha value is -1.50. The summed E-state index contributed by atoms with van der Waals surface area (Å²) < 4.78 is 0. The topological polar surface area (TPSA) is 26.0 Å². The maximum Gasteiger partial charge on any atom is 0.0320 e. The van der Waals surface area contributed by atoms with Gasteiger partial charge < -0.3 is 5.73 Å². The molecule has 0 saturated heterocycles. The highest BCUT2D eigenvalue weighted by Crippen LogP contribution is 2.33. The van der Waals surface area contributed by atoms with E-state index in [1.54, 1.807) is 0 Å². The first-order chi connectivity index (χ1) is 7.39. The molecule has 0 spiro atoms. The van der Waals surface area contributed by atoms with Crippen LogP contribution in [0, 0.1) is 6.92 Å². The summed E-state index contributed by atoms with van der Waals surface area (Å²) in [6.07, 6.45) is 0. The molecule has 0 unspecified atom stereocenters. The summed E-state index contributed by atoms with van der Waals surface area (Å²) >= 11 is 0. The van der Waals surface area contributed by atoms with Crippen molar-refractivity contribution in [1.82, 2.24) is 0 Å². The molecule has 2 N–H and O–H groups in total. The number of hydrogen-bond donors (Lipinski definition) is 1. The van der Waals surface area contributed by atoms with E-state index in [0.29, 0.717) is 0 Å². The molecule has 0 amide bonds. The van der Waals surface area contributed by atoms with Gasteiger partial charge in [0.15, 0.2) is 0 Å². The van der Waals surface area contributed by atoms with Crippen molar-refractivity contribution in [2.24, 2.45) is 0 Å². The van der Waals surface area contributed by atoms with Crippen molar-refractivity contribution in [3.63, 3.8) is 0 Å². The van der Waals surface area contributed by atoms with Gasteiger partial charge in [-0.2, -0.15) is 0 Å². The minimum Gasteiger partial charge on any atom is -0.399 e. The second-order valence-electron chi connectivity index (χ2n) is 5.49. The van der Waals surface area contributed by atoms with Crippen molar-refractivity contribution in [2.45, 2.75) is 33.1 Å². The molecule has 0 radical (unpaired) electrons. The van der Waals surface area contributed by atoms with E-state index in [4.69, 9.17) is 5.73 Å². The first kappa shape index (κ1) is 11.0. The molecular weight excluding hydrogens is 194 g/mol. The lowest BCUT2D eigenvalue weighted by Gasteiger charge is -2.24. The van der Waals surface area contributed by atoms with E-state index in [2.05, 4.69) is 45.9 Å². The molecule has 2 aromatic carbocycles. The third kappa shape index (κ3) is 1.78. The second-order valence-corrected chi connectivity index (χ2v) is 5.49. The van der Waals surface area contributed by atoms with Crippen molar-refractivity contribution < 1.29 is 0 Å². The number of nitrogens with two attached hydrogens (primary N) is 1. The van der Waals surface area contributed by atoms with Crippen LogP contribution in [0.2, 0.25) is 0 Å². The average molecular weight is 213 g/mol. The first-order valence-corrected chi connectivity index (χ1v) is 5.69. The lowest BCUT2D eigenvalue weighted by Crippen LogP contribution is -2.13. The zero-order valence-electron chi connectivity index (χ0n) is 10.5. The van der Waals surface area contributed by atoms with Crippen LogP contribution < -0.4 is 5.73 Å². The average Bonchev–Trinajstić information content (AvgIpc) is 2.16. The normalized spacial score (nSPS) is 12.0. The number of fused-ring (bicyclic) bond motifs is 1. The standard InChI is InChI=1S/C15H19N/c1-10-5-6-11-9-12(16)7-8-13(11)14(10)15(2,3)4/h5-9H,16H2,1-4H3. The zero-order chi connectivity index (χ0) is 11.9. The summed E-state index contributed by atoms with van der Waals surface area (Å²) in [5, 5.41) is 2.55. The molecule has 0 heterocycles. The van der Waals surface area contributed by atoms with E-state index in [0.717, 1.165) is 5.69 Å². The molecule has 2 aromatic rings. The van der Waals surface area contributed by atoms with Crippen LogP contribution in [0.15, 0.2) is 30.3 Å². The molecule has 0 aliphatic rings. The van der Waals surface area contributed by atoms with Gasteiger partial charge >= 0.3 is 0 Å². The van der Waals surface area contributed by atoms with Gasteiger partial charge in [0.05, 0.1) is 0 Å². The fourth-order valence-electron chi connectivity index (χ4n) is 2.45. The van der Waals surface area contributed by atoms with Crippen molar-refractivity contribution in [3.8, 4) is 0 Å². The molecule has 0 atom stereocenters. The Labute approximate surface area is 97.3 Å². The Balaban J connectivity index is 2.85. The maximum atomic E-state index is 5.82. The van der Waals surface area contributed by atoms with Crippen LogP contribution in [0.3, 0.4) is 0 Å². The highest BCUT2D eigenvalue weighted by Gasteiger charge is 2.18. The van der Waals surface area contributed by atoms with Crippen LogP contribution in [-0.2, 0) is 5.41 Å². The first-order valence-electron chi connectivity index (χ1n) is 5.69. The van der Waals surface area contributed by atoms with Crippen LogP contribution in [0.25, 0.3) is 10.8 Å². The predicted octanol–water partition coefficient (Wildman–Crippen LogP) is 4.03. The minimum absolute atomic E-state index is 0.166. The second kappa shape index (κ2) is 3.51. The molecule has 0 aliphatic heterocycles. The predicted molar refractivity (Wildman–Crippen MR) is 71.8 cm³/mol. The van der Waals surface area contributed by atoms with Crippen molar-refractivity contribution in [1.29, 1.82) is 0 Å². The summed E-state index contributed by atoms with van der Waals surface area (Å²) in [6, 6.07) is 10.5. The third-order valence-corrected chi connectivity index (χ3v) is 3.00. The highest BCUT2D eigenvalue weighted by molar-refractivity contribution is 5.90. The zero-order valence-corrected chi connectivity index (χ0v) is 10.5. The van der Waals surface area contributed by atoms with Crippen LogP contribution in [0.1, 0.15) is 31.9 Å². The molecule has 0 saturated carbocycles. The smallest absolute Gasteiger partial charge is 0.0320 e. The van der Waals surface area contributed by atoms with Crippen LogP contribution in [0.4, 0.5) is 5.69 Å². The minimum atomic E-state index is 0.166. The van der Waals surface area contributed by atoms with Crippen molar-refractivity contribution in [3.05, 3.63) is 41.5 Å². The largest absolute Gasteiger partial charge is 0.399 e. The molecule has 0 bridgehead atoms.